The van der Waals surface area contributed by atoms with E-state index in [1.54, 1.807) is 0 Å². The van der Waals surface area contributed by atoms with E-state index in [1.165, 1.54) is 26.4 Å². The van der Waals surface area contributed by atoms with Crippen molar-refractivity contribution in [3.63, 3.8) is 0 Å². The Balaban J connectivity index is 2.26. The molecule has 0 spiro atoms. The van der Waals surface area contributed by atoms with Gasteiger partial charge >= 0.3 is 0 Å². The third kappa shape index (κ3) is 2.36. The van der Waals surface area contributed by atoms with Gasteiger partial charge in [0.25, 0.3) is 5.01 Å². The molecular weight excluding hydrogens is 286 g/mol. The van der Waals surface area contributed by atoms with Crippen LogP contribution in [0.2, 0.25) is 0 Å². The second-order valence-corrected chi connectivity index (χ2v) is 7.89. The number of rotatable bonds is 3. The highest BCUT2D eigenvalue weighted by Gasteiger charge is 2.30. The lowest BCUT2D eigenvalue weighted by atomic mass is 9.73. The third-order valence-corrected chi connectivity index (χ3v) is 6.29. The maximum Gasteiger partial charge on any atom is 0.270 e. The van der Waals surface area contributed by atoms with Gasteiger partial charge in [0.15, 0.2) is 0 Å². The topological polar surface area (TPSA) is 3.88 Å². The summed E-state index contributed by atoms with van der Waals surface area (Å²) in [5.74, 6) is 0.591. The van der Waals surface area contributed by atoms with E-state index in [4.69, 9.17) is 0 Å². The number of fused-ring (bicyclic) bond motifs is 1. The van der Waals surface area contributed by atoms with Gasteiger partial charge in [0, 0.05) is 6.07 Å². The van der Waals surface area contributed by atoms with Crippen LogP contribution in [0.5, 0.6) is 0 Å². The maximum atomic E-state index is 2.35. The molecule has 0 unspecified atom stereocenters. The van der Waals surface area contributed by atoms with Gasteiger partial charge in [0.05, 0.1) is 5.56 Å². The molecule has 0 aliphatic heterocycles. The van der Waals surface area contributed by atoms with E-state index < -0.39 is 0 Å². The summed E-state index contributed by atoms with van der Waals surface area (Å²) < 4.78 is 3.67. The Kier molecular flexibility index (Phi) is 3.82. The van der Waals surface area contributed by atoms with Crippen molar-refractivity contribution in [1.29, 1.82) is 0 Å². The normalized spacial score (nSPS) is 12.3. The molecule has 22 heavy (non-hydrogen) atoms. The van der Waals surface area contributed by atoms with E-state index in [0.717, 1.165) is 0 Å². The Labute approximate surface area is 137 Å². The Hall–Kier alpha value is -1.67. The molecule has 114 valence electrons. The summed E-state index contributed by atoms with van der Waals surface area (Å²) in [6, 6.07) is 17.5. The molecule has 0 radical (unpaired) electrons. The number of para-hydroxylation sites is 1. The minimum Gasteiger partial charge on any atom is -0.184 e. The Morgan fingerprint density at radius 1 is 0.955 bits per heavy atom. The van der Waals surface area contributed by atoms with Crippen LogP contribution in [-0.2, 0) is 12.5 Å². The van der Waals surface area contributed by atoms with Crippen LogP contribution in [0, 0.1) is 5.92 Å². The molecule has 0 aliphatic rings. The maximum absolute atomic E-state index is 2.35. The molecule has 0 fully saturated rings. The van der Waals surface area contributed by atoms with Gasteiger partial charge < -0.3 is 0 Å². The average molecular weight is 310 g/mol. The predicted molar refractivity (Wildman–Crippen MR) is 96.3 cm³/mol. The summed E-state index contributed by atoms with van der Waals surface area (Å²) in [4.78, 5) is 0. The van der Waals surface area contributed by atoms with Gasteiger partial charge in [0.1, 0.15) is 11.7 Å². The van der Waals surface area contributed by atoms with Crippen molar-refractivity contribution < 1.29 is 4.57 Å². The van der Waals surface area contributed by atoms with Crippen molar-refractivity contribution in [2.75, 3.05) is 0 Å². The standard InChI is InChI=1S/C20H24NS/c1-14(2)20(3,4)16-11-7-6-10-15(16)19-21(5)17-12-8-9-13-18(17)22-19/h6-14H,1-5H3/q+1. The molecule has 3 rings (SSSR count). The van der Waals surface area contributed by atoms with Crippen LogP contribution in [-0.4, -0.2) is 0 Å². The monoisotopic (exact) mass is 310 g/mol. The summed E-state index contributed by atoms with van der Waals surface area (Å²) in [6.45, 7) is 9.32. The summed E-state index contributed by atoms with van der Waals surface area (Å²) in [5.41, 5.74) is 4.26. The second-order valence-electron chi connectivity index (χ2n) is 6.86. The first-order chi connectivity index (χ1) is 10.4. The van der Waals surface area contributed by atoms with Gasteiger partial charge in [-0.05, 0) is 29.0 Å². The lowest BCUT2D eigenvalue weighted by Gasteiger charge is -2.31. The lowest BCUT2D eigenvalue weighted by Crippen LogP contribution is -2.31. The van der Waals surface area contributed by atoms with Crippen molar-refractivity contribution in [1.82, 2.24) is 0 Å². The van der Waals surface area contributed by atoms with Gasteiger partial charge in [-0.3, -0.25) is 0 Å². The Morgan fingerprint density at radius 2 is 1.59 bits per heavy atom. The van der Waals surface area contributed by atoms with E-state index in [0.29, 0.717) is 5.92 Å². The summed E-state index contributed by atoms with van der Waals surface area (Å²) in [6.07, 6.45) is 0. The average Bonchev–Trinajstić information content (AvgIpc) is 2.84. The first kappa shape index (κ1) is 15.2. The highest BCUT2D eigenvalue weighted by Crippen LogP contribution is 2.39. The molecule has 1 aromatic heterocycles. The van der Waals surface area contributed by atoms with Crippen molar-refractivity contribution in [2.24, 2.45) is 13.0 Å². The van der Waals surface area contributed by atoms with E-state index in [-0.39, 0.29) is 5.41 Å². The van der Waals surface area contributed by atoms with Crippen LogP contribution < -0.4 is 4.57 Å². The Bertz CT molecular complexity index is 811. The molecular formula is C20H24NS+. The number of nitrogens with zero attached hydrogens (tertiary/aromatic N) is 1. The predicted octanol–water partition coefficient (Wildman–Crippen LogP) is 5.33. The molecule has 1 nitrogen and oxygen atoms in total. The second kappa shape index (κ2) is 5.51. The quantitative estimate of drug-likeness (QED) is 0.576. The zero-order valence-corrected chi connectivity index (χ0v) is 14.9. The highest BCUT2D eigenvalue weighted by molar-refractivity contribution is 7.21. The number of hydrogen-bond donors (Lipinski definition) is 0. The molecule has 0 bridgehead atoms. The van der Waals surface area contributed by atoms with Crippen molar-refractivity contribution in [3.8, 4) is 10.6 Å². The smallest absolute Gasteiger partial charge is 0.184 e. The minimum atomic E-state index is 0.153. The van der Waals surface area contributed by atoms with Crippen molar-refractivity contribution in [3.05, 3.63) is 54.1 Å². The zero-order chi connectivity index (χ0) is 15.9. The number of aryl methyl sites for hydroxylation is 1. The summed E-state index contributed by atoms with van der Waals surface area (Å²) in [7, 11) is 2.17. The molecule has 2 aromatic carbocycles. The van der Waals surface area contributed by atoms with E-state index in [2.05, 4.69) is 87.8 Å². The van der Waals surface area contributed by atoms with Gasteiger partial charge in [0.2, 0.25) is 5.52 Å². The van der Waals surface area contributed by atoms with Gasteiger partial charge in [-0.15, -0.1) is 0 Å². The molecule has 2 heteroatoms. The first-order valence-corrected chi connectivity index (χ1v) is 8.72. The number of thiazole rings is 1. The minimum absolute atomic E-state index is 0.153. The molecule has 0 atom stereocenters. The van der Waals surface area contributed by atoms with Crippen LogP contribution in [0.25, 0.3) is 20.8 Å². The van der Waals surface area contributed by atoms with E-state index >= 15 is 0 Å². The summed E-state index contributed by atoms with van der Waals surface area (Å²) in [5, 5.41) is 1.34. The molecule has 0 aliphatic carbocycles. The number of hydrogen-bond acceptors (Lipinski definition) is 1. The van der Waals surface area contributed by atoms with Gasteiger partial charge in [-0.1, -0.05) is 69.4 Å². The molecule has 0 N–H and O–H groups in total. The highest BCUT2D eigenvalue weighted by atomic mass is 32.1. The van der Waals surface area contributed by atoms with Crippen LogP contribution in [0.1, 0.15) is 33.3 Å². The third-order valence-electron chi connectivity index (χ3n) is 5.03. The van der Waals surface area contributed by atoms with Crippen LogP contribution in [0.3, 0.4) is 0 Å². The largest absolute Gasteiger partial charge is 0.270 e. The summed E-state index contributed by atoms with van der Waals surface area (Å²) >= 11 is 1.88. The van der Waals surface area contributed by atoms with Crippen LogP contribution in [0.4, 0.5) is 0 Å². The van der Waals surface area contributed by atoms with Crippen molar-refractivity contribution in [2.45, 2.75) is 33.1 Å². The van der Waals surface area contributed by atoms with Gasteiger partial charge in [-0.25, -0.2) is 0 Å². The fourth-order valence-corrected chi connectivity index (χ4v) is 4.07. The van der Waals surface area contributed by atoms with E-state index in [1.807, 2.05) is 11.3 Å². The fraction of sp³-hybridized carbons (Fsp3) is 0.350. The SMILES string of the molecule is CC(C)C(C)(C)c1ccccc1-c1sc2ccccc2[n+]1C. The van der Waals surface area contributed by atoms with Crippen molar-refractivity contribution >= 4 is 21.6 Å². The Morgan fingerprint density at radius 3 is 2.27 bits per heavy atom. The molecule has 1 heterocycles. The first-order valence-electron chi connectivity index (χ1n) is 7.90. The van der Waals surface area contributed by atoms with Crippen LogP contribution in [0.15, 0.2) is 48.5 Å². The number of benzene rings is 2. The number of aromatic nitrogens is 1. The zero-order valence-electron chi connectivity index (χ0n) is 14.1. The molecule has 0 saturated carbocycles. The molecule has 0 saturated heterocycles. The fourth-order valence-electron chi connectivity index (χ4n) is 2.88. The molecule has 0 amide bonds. The van der Waals surface area contributed by atoms with E-state index in [9.17, 15) is 0 Å². The lowest BCUT2D eigenvalue weighted by molar-refractivity contribution is -0.629. The van der Waals surface area contributed by atoms with Gasteiger partial charge in [-0.2, -0.15) is 4.57 Å². The van der Waals surface area contributed by atoms with Crippen LogP contribution >= 0.6 is 11.3 Å². The molecule has 3 aromatic rings.